The third-order valence-corrected chi connectivity index (χ3v) is 4.36. The summed E-state index contributed by atoms with van der Waals surface area (Å²) in [7, 11) is 3.65. The summed E-state index contributed by atoms with van der Waals surface area (Å²) >= 11 is 0. The molecule has 0 aromatic carbocycles. The van der Waals surface area contributed by atoms with E-state index in [4.69, 9.17) is 9.47 Å². The number of aromatic nitrogens is 2. The van der Waals surface area contributed by atoms with Crippen molar-refractivity contribution in [2.75, 3.05) is 27.4 Å². The highest BCUT2D eigenvalue weighted by Crippen LogP contribution is 2.32. The summed E-state index contributed by atoms with van der Waals surface area (Å²) in [5.74, 6) is 0.535. The zero-order valence-electron chi connectivity index (χ0n) is 11.8. The van der Waals surface area contributed by atoms with Crippen LogP contribution < -0.4 is 4.74 Å². The third-order valence-electron chi connectivity index (χ3n) is 4.36. The zero-order chi connectivity index (χ0) is 14.1. The van der Waals surface area contributed by atoms with Crippen molar-refractivity contribution in [3.8, 4) is 5.88 Å². The van der Waals surface area contributed by atoms with Crippen molar-refractivity contribution in [3.05, 3.63) is 17.8 Å². The van der Waals surface area contributed by atoms with Crippen LogP contribution in [0.5, 0.6) is 5.88 Å². The number of hydrogen-bond donors (Lipinski definition) is 0. The van der Waals surface area contributed by atoms with Gasteiger partial charge in [-0.1, -0.05) is 0 Å². The Morgan fingerprint density at radius 2 is 2.00 bits per heavy atom. The van der Waals surface area contributed by atoms with Crippen LogP contribution in [0.15, 0.2) is 12.1 Å². The average Bonchev–Trinajstić information content (AvgIpc) is 2.46. The Balaban J connectivity index is 1.74. The monoisotopic (exact) mass is 277 g/mol. The number of methoxy groups -OCH3 is 1. The number of rotatable bonds is 3. The molecule has 1 aromatic rings. The smallest absolute Gasteiger partial charge is 0.233 e. The van der Waals surface area contributed by atoms with E-state index < -0.39 is 0 Å². The molecule has 0 aliphatic carbocycles. The predicted octanol–water partition coefficient (Wildman–Crippen LogP) is 0.777. The molecule has 2 aliphatic heterocycles. The van der Waals surface area contributed by atoms with Crippen LogP contribution in [-0.4, -0.2) is 60.3 Å². The summed E-state index contributed by atoms with van der Waals surface area (Å²) in [5, 5.41) is 7.84. The van der Waals surface area contributed by atoms with E-state index in [1.165, 1.54) is 7.11 Å². The first-order valence-electron chi connectivity index (χ1n) is 6.90. The maximum absolute atomic E-state index is 12.5. The summed E-state index contributed by atoms with van der Waals surface area (Å²) in [6.45, 7) is 1.43. The average molecular weight is 277 g/mol. The van der Waals surface area contributed by atoms with E-state index in [1.54, 1.807) is 12.1 Å². The van der Waals surface area contributed by atoms with Crippen LogP contribution in [0.1, 0.15) is 23.3 Å². The van der Waals surface area contributed by atoms with Crippen LogP contribution in [0.3, 0.4) is 0 Å². The van der Waals surface area contributed by atoms with Crippen molar-refractivity contribution < 1.29 is 14.3 Å². The van der Waals surface area contributed by atoms with Gasteiger partial charge < -0.3 is 9.47 Å². The molecule has 108 valence electrons. The number of morpholine rings is 1. The van der Waals surface area contributed by atoms with Gasteiger partial charge in [0.25, 0.3) is 0 Å². The second-order valence-electron chi connectivity index (χ2n) is 5.50. The lowest BCUT2D eigenvalue weighted by Crippen LogP contribution is -2.55. The number of nitrogens with zero attached hydrogens (tertiary/aromatic N) is 3. The lowest BCUT2D eigenvalue weighted by Gasteiger charge is -2.46. The molecule has 0 radical (unpaired) electrons. The van der Waals surface area contributed by atoms with Crippen LogP contribution >= 0.6 is 0 Å². The summed E-state index contributed by atoms with van der Waals surface area (Å²) < 4.78 is 10.5. The van der Waals surface area contributed by atoms with Gasteiger partial charge in [-0.2, -0.15) is 0 Å². The number of ketones is 1. The van der Waals surface area contributed by atoms with Crippen LogP contribution in [-0.2, 0) is 4.74 Å². The Morgan fingerprint density at radius 3 is 2.55 bits per heavy atom. The number of carbonyl (C=O) groups is 1. The molecule has 2 atom stereocenters. The van der Waals surface area contributed by atoms with Gasteiger partial charge in [0, 0.05) is 24.1 Å². The predicted molar refractivity (Wildman–Crippen MR) is 71.8 cm³/mol. The van der Waals surface area contributed by atoms with Crippen LogP contribution in [0.25, 0.3) is 0 Å². The molecule has 6 heteroatoms. The molecule has 20 heavy (non-hydrogen) atoms. The Kier molecular flexibility index (Phi) is 3.67. The fourth-order valence-electron chi connectivity index (χ4n) is 3.08. The van der Waals surface area contributed by atoms with Crippen molar-refractivity contribution in [2.45, 2.75) is 24.9 Å². The van der Waals surface area contributed by atoms with Gasteiger partial charge in [0.2, 0.25) is 5.88 Å². The van der Waals surface area contributed by atoms with Gasteiger partial charge >= 0.3 is 0 Å². The lowest BCUT2D eigenvalue weighted by molar-refractivity contribution is -0.0703. The van der Waals surface area contributed by atoms with Crippen LogP contribution in [0, 0.1) is 5.92 Å². The minimum atomic E-state index is 0.0211. The van der Waals surface area contributed by atoms with Gasteiger partial charge in [-0.05, 0) is 26.0 Å². The van der Waals surface area contributed by atoms with Gasteiger partial charge in [0.15, 0.2) is 5.78 Å². The fraction of sp³-hybridized carbons (Fsp3) is 0.643. The molecule has 0 saturated carbocycles. The molecule has 0 spiro atoms. The van der Waals surface area contributed by atoms with Crippen LogP contribution in [0.2, 0.25) is 0 Å². The van der Waals surface area contributed by atoms with E-state index in [0.717, 1.165) is 12.8 Å². The number of fused-ring (bicyclic) bond motifs is 2. The van der Waals surface area contributed by atoms with Gasteiger partial charge in [0.1, 0.15) is 5.69 Å². The molecule has 1 aromatic heterocycles. The molecule has 2 aliphatic rings. The Morgan fingerprint density at radius 1 is 1.30 bits per heavy atom. The maximum atomic E-state index is 12.5. The number of hydrogen-bond acceptors (Lipinski definition) is 6. The number of likely N-dealkylation sites (N-methyl/N-ethyl adjacent to an activating group) is 1. The summed E-state index contributed by atoms with van der Waals surface area (Å²) in [6.07, 6.45) is 1.67. The molecule has 3 rings (SSSR count). The number of Topliss-reactive ketones (excluding diaryl/α,β-unsaturated/α-hetero) is 1. The Labute approximate surface area is 118 Å². The summed E-state index contributed by atoms with van der Waals surface area (Å²) in [5.41, 5.74) is 0.430. The highest BCUT2D eigenvalue weighted by Gasteiger charge is 2.39. The van der Waals surface area contributed by atoms with Gasteiger partial charge in [-0.3, -0.25) is 9.69 Å². The summed E-state index contributed by atoms with van der Waals surface area (Å²) in [4.78, 5) is 14.9. The zero-order valence-corrected chi connectivity index (χ0v) is 11.8. The minimum absolute atomic E-state index is 0.0211. The van der Waals surface area contributed by atoms with Gasteiger partial charge in [0.05, 0.1) is 20.3 Å². The van der Waals surface area contributed by atoms with Crippen molar-refractivity contribution in [1.82, 2.24) is 15.1 Å². The van der Waals surface area contributed by atoms with E-state index in [0.29, 0.717) is 36.9 Å². The molecule has 2 saturated heterocycles. The second kappa shape index (κ2) is 5.46. The van der Waals surface area contributed by atoms with Crippen molar-refractivity contribution in [2.24, 2.45) is 5.92 Å². The first-order chi connectivity index (χ1) is 9.69. The third kappa shape index (κ3) is 2.41. The molecular weight excluding hydrogens is 258 g/mol. The second-order valence-corrected chi connectivity index (χ2v) is 5.50. The molecule has 6 nitrogen and oxygen atoms in total. The Bertz CT molecular complexity index is 477. The van der Waals surface area contributed by atoms with Crippen LogP contribution in [0.4, 0.5) is 0 Å². The van der Waals surface area contributed by atoms with E-state index in [9.17, 15) is 4.79 Å². The Hall–Kier alpha value is -1.53. The first-order valence-corrected chi connectivity index (χ1v) is 6.90. The highest BCUT2D eigenvalue weighted by molar-refractivity contribution is 5.96. The van der Waals surface area contributed by atoms with Crippen molar-refractivity contribution in [3.63, 3.8) is 0 Å². The standard InChI is InChI=1S/C14H19N3O3/c1-17-10-5-9(6-11(17)8-20-7-10)14(18)12-3-4-13(19-2)16-15-12/h3-4,9-11H,5-8H2,1-2H3. The lowest BCUT2D eigenvalue weighted by atomic mass is 9.82. The van der Waals surface area contributed by atoms with E-state index >= 15 is 0 Å². The van der Waals surface area contributed by atoms with E-state index in [-0.39, 0.29) is 11.7 Å². The molecule has 2 unspecified atom stereocenters. The SMILES string of the molecule is COc1ccc(C(=O)C2CC3COCC(C2)N3C)nn1. The quantitative estimate of drug-likeness (QED) is 0.761. The fourth-order valence-corrected chi connectivity index (χ4v) is 3.08. The summed E-state index contributed by atoms with van der Waals surface area (Å²) in [6, 6.07) is 4.04. The normalized spacial score (nSPS) is 30.0. The maximum Gasteiger partial charge on any atom is 0.233 e. The minimum Gasteiger partial charge on any atom is -0.480 e. The molecule has 3 heterocycles. The molecular formula is C14H19N3O3. The number of piperidine rings is 1. The highest BCUT2D eigenvalue weighted by atomic mass is 16.5. The topological polar surface area (TPSA) is 64.6 Å². The van der Waals surface area contributed by atoms with Gasteiger partial charge in [-0.25, -0.2) is 0 Å². The molecule has 2 fully saturated rings. The molecule has 0 N–H and O–H groups in total. The largest absolute Gasteiger partial charge is 0.480 e. The van der Waals surface area contributed by atoms with E-state index in [1.807, 2.05) is 0 Å². The van der Waals surface area contributed by atoms with Gasteiger partial charge in [-0.15, -0.1) is 10.2 Å². The van der Waals surface area contributed by atoms with Crippen molar-refractivity contribution >= 4 is 5.78 Å². The van der Waals surface area contributed by atoms with E-state index in [2.05, 4.69) is 22.1 Å². The number of carbonyl (C=O) groups excluding carboxylic acids is 1. The first kappa shape index (κ1) is 13.5. The molecule has 2 bridgehead atoms. The number of ether oxygens (including phenoxy) is 2. The van der Waals surface area contributed by atoms with Crippen molar-refractivity contribution in [1.29, 1.82) is 0 Å². The molecule has 0 amide bonds.